The van der Waals surface area contributed by atoms with Crippen LogP contribution in [0.3, 0.4) is 0 Å². The van der Waals surface area contributed by atoms with Gasteiger partial charge in [-0.05, 0) is 0 Å². The zero-order valence-electron chi connectivity index (χ0n) is 3.19. The van der Waals surface area contributed by atoms with E-state index in [-0.39, 0.29) is 0 Å². The Hall–Kier alpha value is 0.620. The molecule has 1 rings (SSSR count). The molecule has 0 unspecified atom stereocenters. The fourth-order valence-electron chi connectivity index (χ4n) is 0.231. The fraction of sp³-hybridized carbons (Fsp3) is 0. The highest BCUT2D eigenvalue weighted by Crippen LogP contribution is 2.29. The molecular weight excluding hydrogens is 199 g/mol. The van der Waals surface area contributed by atoms with Crippen molar-refractivity contribution in [2.45, 2.75) is 0 Å². The summed E-state index contributed by atoms with van der Waals surface area (Å²) in [6, 6.07) is 0. The Morgan fingerprint density at radius 3 is 2.86 bits per heavy atom. The van der Waals surface area contributed by atoms with Gasteiger partial charge in [0.05, 0.1) is 0 Å². The van der Waals surface area contributed by atoms with Crippen molar-refractivity contribution in [3.05, 3.63) is 10.6 Å². The summed E-state index contributed by atoms with van der Waals surface area (Å²) in [5.74, 6) is 0. The average molecular weight is 201 g/mol. The molecule has 5 heteroatoms. The average Bonchev–Trinajstić information content (AvgIpc) is 1.87. The van der Waals surface area contributed by atoms with Gasteiger partial charge in [0.1, 0.15) is 4.36 Å². The second kappa shape index (κ2) is 2.26. The summed E-state index contributed by atoms with van der Waals surface area (Å²) in [6.07, 6.45) is 1.70. The Bertz CT molecular complexity index is 106. The van der Waals surface area contributed by atoms with Gasteiger partial charge in [-0.25, -0.2) is 0 Å². The van der Waals surface area contributed by atoms with Gasteiger partial charge in [-0.15, -0.1) is 0 Å². The van der Waals surface area contributed by atoms with E-state index in [2.05, 4.69) is 21.6 Å². The molecule has 1 heterocycles. The van der Waals surface area contributed by atoms with Crippen LogP contribution in [0.25, 0.3) is 0 Å². The third kappa shape index (κ3) is 1.53. The van der Waals surface area contributed by atoms with Crippen molar-refractivity contribution in [1.29, 1.82) is 0 Å². The van der Waals surface area contributed by atoms with Gasteiger partial charge < -0.3 is 5.43 Å². The Balaban J connectivity index is 2.42. The third-order valence-corrected chi connectivity index (χ3v) is 1.96. The highest BCUT2D eigenvalue weighted by atomic mass is 79.9. The number of hydrogen-bond donors (Lipinski definition) is 1. The first-order chi connectivity index (χ1) is 3.29. The quantitative estimate of drug-likeness (QED) is 0.475. The van der Waals surface area contributed by atoms with E-state index < -0.39 is 0 Å². The molecule has 0 radical (unpaired) electrons. The molecular formula is C2H2BrClN2S. The minimum atomic E-state index is 0.733. The van der Waals surface area contributed by atoms with Crippen LogP contribution < -0.4 is 5.43 Å². The number of nitrogens with zero attached hydrogens (tertiary/aromatic N) is 1. The van der Waals surface area contributed by atoms with Crippen molar-refractivity contribution in [3.8, 4) is 0 Å². The summed E-state index contributed by atoms with van der Waals surface area (Å²) < 4.78 is 2.37. The highest BCUT2D eigenvalue weighted by Gasteiger charge is 2.07. The lowest BCUT2D eigenvalue weighted by atomic mass is 11.1. The van der Waals surface area contributed by atoms with Gasteiger partial charge >= 0.3 is 0 Å². The lowest BCUT2D eigenvalue weighted by molar-refractivity contribution is 0.687. The van der Waals surface area contributed by atoms with Crippen LogP contribution in [-0.4, -0.2) is 3.44 Å². The molecule has 0 aromatic carbocycles. The molecule has 0 atom stereocenters. The fourth-order valence-corrected chi connectivity index (χ4v) is 1.67. The van der Waals surface area contributed by atoms with Crippen molar-refractivity contribution in [2.24, 2.45) is 0 Å². The van der Waals surface area contributed by atoms with Gasteiger partial charge in [0.2, 0.25) is 0 Å². The van der Waals surface area contributed by atoms with E-state index >= 15 is 0 Å². The van der Waals surface area contributed by atoms with Crippen molar-refractivity contribution in [1.82, 2.24) is 8.87 Å². The Morgan fingerprint density at radius 2 is 2.71 bits per heavy atom. The van der Waals surface area contributed by atoms with Gasteiger partial charge in [-0.1, -0.05) is 15.0 Å². The maximum Gasteiger partial charge on any atom is 0.109 e. The van der Waals surface area contributed by atoms with Crippen molar-refractivity contribution in [3.63, 3.8) is 0 Å². The summed E-state index contributed by atoms with van der Waals surface area (Å²) in [4.78, 5) is 0. The van der Waals surface area contributed by atoms with Crippen LogP contribution in [0.2, 0.25) is 0 Å². The standard InChI is InChI=1S/C2H2BrClN2S/c3-6-5-1-2(4)7-6/h1,5H. The smallest absolute Gasteiger partial charge is 0.109 e. The summed E-state index contributed by atoms with van der Waals surface area (Å²) in [5.41, 5.74) is 2.79. The largest absolute Gasteiger partial charge is 0.304 e. The zero-order valence-corrected chi connectivity index (χ0v) is 6.35. The lowest BCUT2D eigenvalue weighted by Crippen LogP contribution is -2.09. The minimum Gasteiger partial charge on any atom is -0.304 e. The van der Waals surface area contributed by atoms with Crippen LogP contribution in [0.15, 0.2) is 10.6 Å². The zero-order chi connectivity index (χ0) is 5.28. The van der Waals surface area contributed by atoms with E-state index in [1.165, 1.54) is 11.9 Å². The van der Waals surface area contributed by atoms with Gasteiger partial charge in [0, 0.05) is 34.3 Å². The summed E-state index contributed by atoms with van der Waals surface area (Å²) in [5, 5.41) is 0. The van der Waals surface area contributed by atoms with Crippen LogP contribution in [0.4, 0.5) is 0 Å². The first kappa shape index (κ1) is 5.75. The molecule has 7 heavy (non-hydrogen) atoms. The van der Waals surface area contributed by atoms with Crippen LogP contribution in [0.5, 0.6) is 0 Å². The van der Waals surface area contributed by atoms with Crippen LogP contribution in [0, 0.1) is 0 Å². The Labute approximate surface area is 59.3 Å². The minimum absolute atomic E-state index is 0.733. The maximum atomic E-state index is 5.50. The first-order valence-corrected chi connectivity index (χ1v) is 3.41. The van der Waals surface area contributed by atoms with Gasteiger partial charge in [0.25, 0.3) is 0 Å². The van der Waals surface area contributed by atoms with Gasteiger partial charge in [-0.2, -0.15) is 0 Å². The second-order valence-corrected chi connectivity index (χ2v) is 3.71. The van der Waals surface area contributed by atoms with Crippen molar-refractivity contribution >= 4 is 39.7 Å². The van der Waals surface area contributed by atoms with Crippen LogP contribution in [0.1, 0.15) is 0 Å². The van der Waals surface area contributed by atoms with Crippen LogP contribution >= 0.6 is 39.7 Å². The molecule has 2 nitrogen and oxygen atoms in total. The topological polar surface area (TPSA) is 15.3 Å². The Morgan fingerprint density at radius 1 is 2.00 bits per heavy atom. The van der Waals surface area contributed by atoms with Gasteiger partial charge in [0.15, 0.2) is 0 Å². The molecule has 0 aromatic rings. The predicted molar refractivity (Wildman–Crippen MR) is 35.4 cm³/mol. The molecule has 1 aliphatic rings. The van der Waals surface area contributed by atoms with E-state index in [4.69, 9.17) is 11.6 Å². The van der Waals surface area contributed by atoms with E-state index in [1.54, 1.807) is 9.64 Å². The summed E-state index contributed by atoms with van der Waals surface area (Å²) in [6.45, 7) is 0. The van der Waals surface area contributed by atoms with Crippen molar-refractivity contribution in [2.75, 3.05) is 0 Å². The molecule has 1 aliphatic heterocycles. The molecule has 0 saturated heterocycles. The molecule has 0 bridgehead atoms. The first-order valence-electron chi connectivity index (χ1n) is 1.55. The lowest BCUT2D eigenvalue weighted by Gasteiger charge is -1.99. The highest BCUT2D eigenvalue weighted by molar-refractivity contribution is 9.09. The van der Waals surface area contributed by atoms with E-state index in [9.17, 15) is 0 Å². The monoisotopic (exact) mass is 200 g/mol. The molecule has 0 spiro atoms. The number of hydrazine groups is 1. The second-order valence-electron chi connectivity index (χ2n) is 0.914. The summed E-state index contributed by atoms with van der Waals surface area (Å²) >= 11 is 10.0. The summed E-state index contributed by atoms with van der Waals surface area (Å²) in [7, 11) is 0. The Kier molecular flexibility index (Phi) is 1.86. The van der Waals surface area contributed by atoms with Crippen LogP contribution in [-0.2, 0) is 0 Å². The number of rotatable bonds is 0. The normalized spacial score (nSPS) is 21.7. The number of nitrogens with one attached hydrogen (secondary N) is 1. The molecule has 0 fully saturated rings. The maximum absolute atomic E-state index is 5.50. The SMILES string of the molecule is ClC1=CNN(Br)S1. The van der Waals surface area contributed by atoms with Gasteiger partial charge in [-0.3, -0.25) is 0 Å². The molecule has 0 saturated carbocycles. The molecule has 0 aromatic heterocycles. The molecule has 0 amide bonds. The van der Waals surface area contributed by atoms with E-state index in [0.717, 1.165) is 4.36 Å². The molecule has 40 valence electrons. The number of hydrogen-bond acceptors (Lipinski definition) is 3. The molecule has 1 N–H and O–H groups in total. The van der Waals surface area contributed by atoms with E-state index in [0.29, 0.717) is 0 Å². The number of halogens is 2. The molecule has 0 aliphatic carbocycles. The van der Waals surface area contributed by atoms with Crippen molar-refractivity contribution < 1.29 is 0 Å². The predicted octanol–water partition coefficient (Wildman–Crippen LogP) is 1.80. The van der Waals surface area contributed by atoms with E-state index in [1.807, 2.05) is 0 Å². The third-order valence-electron chi connectivity index (χ3n) is 0.447.